The van der Waals surface area contributed by atoms with Crippen LogP contribution in [0.2, 0.25) is 0 Å². The van der Waals surface area contributed by atoms with Gasteiger partial charge in [0.05, 0.1) is 17.6 Å². The molecule has 0 aromatic heterocycles. The van der Waals surface area contributed by atoms with Crippen molar-refractivity contribution in [2.24, 2.45) is 10.9 Å². The third-order valence-corrected chi connectivity index (χ3v) is 4.52. The number of nitrogens with zero attached hydrogens (tertiary/aromatic N) is 1. The first-order valence-corrected chi connectivity index (χ1v) is 8.20. The number of nitrogens with two attached hydrogens (primary N) is 2. The molecule has 9 nitrogen and oxygen atoms in total. The Kier molecular flexibility index (Phi) is 4.59. The Bertz CT molecular complexity index is 748. The lowest BCUT2D eigenvalue weighted by Crippen LogP contribution is -2.41. The summed E-state index contributed by atoms with van der Waals surface area (Å²) in [6, 6.07) is 2.03. The molecule has 1 saturated heterocycles. The van der Waals surface area contributed by atoms with Crippen molar-refractivity contribution >= 4 is 21.9 Å². The first-order chi connectivity index (χ1) is 10.6. The monoisotopic (exact) mass is 343 g/mol. The fourth-order valence-electron chi connectivity index (χ4n) is 2.51. The minimum absolute atomic E-state index is 0.0541. The maximum atomic E-state index is 12.7. The zero-order valence-corrected chi connectivity index (χ0v) is 13.1. The minimum atomic E-state index is -4.02. The maximum absolute atomic E-state index is 12.7. The maximum Gasteiger partial charge on any atom is 0.326 e. The van der Waals surface area contributed by atoms with Crippen LogP contribution in [0.1, 0.15) is 16.8 Å². The van der Waals surface area contributed by atoms with Crippen LogP contribution < -0.4 is 15.6 Å². The molecule has 0 radical (unpaired) electrons. The molecule has 23 heavy (non-hydrogen) atoms. The normalized spacial score (nSPS) is 21.3. The lowest BCUT2D eigenvalue weighted by atomic mass is 10.1. The zero-order valence-electron chi connectivity index (χ0n) is 12.3. The summed E-state index contributed by atoms with van der Waals surface area (Å²) in [6.45, 7) is 0.0541. The number of methoxy groups -OCH3 is 1. The molecule has 0 aliphatic carbocycles. The number of carboxylic acid groups (broad SMARTS) is 1. The van der Waals surface area contributed by atoms with Crippen LogP contribution in [0.4, 0.5) is 0 Å². The Balaban J connectivity index is 2.47. The van der Waals surface area contributed by atoms with Gasteiger partial charge in [-0.3, -0.25) is 4.79 Å². The van der Waals surface area contributed by atoms with Crippen molar-refractivity contribution < 1.29 is 27.9 Å². The van der Waals surface area contributed by atoms with Gasteiger partial charge >= 0.3 is 5.97 Å². The molecule has 1 heterocycles. The van der Waals surface area contributed by atoms with Gasteiger partial charge in [0.1, 0.15) is 11.8 Å². The van der Waals surface area contributed by atoms with Crippen LogP contribution in [0.15, 0.2) is 23.1 Å². The quantitative estimate of drug-likeness (QED) is 0.631. The van der Waals surface area contributed by atoms with Crippen LogP contribution in [-0.4, -0.2) is 56.0 Å². The number of hydrogen-bond acceptors (Lipinski definition) is 6. The van der Waals surface area contributed by atoms with E-state index in [1.807, 2.05) is 0 Å². The first-order valence-electron chi connectivity index (χ1n) is 6.65. The number of benzene rings is 1. The van der Waals surface area contributed by atoms with Gasteiger partial charge in [0.25, 0.3) is 5.91 Å². The van der Waals surface area contributed by atoms with Crippen molar-refractivity contribution in [2.75, 3.05) is 13.7 Å². The lowest BCUT2D eigenvalue weighted by Gasteiger charge is -2.22. The second-order valence-corrected chi connectivity index (χ2v) is 6.78. The number of rotatable bonds is 4. The van der Waals surface area contributed by atoms with Crippen LogP contribution in [0.25, 0.3) is 0 Å². The average molecular weight is 343 g/mol. The Morgan fingerprint density at radius 2 is 2.04 bits per heavy atom. The van der Waals surface area contributed by atoms with Crippen molar-refractivity contribution in [1.82, 2.24) is 4.90 Å². The second kappa shape index (κ2) is 6.14. The van der Waals surface area contributed by atoms with Crippen LogP contribution in [0, 0.1) is 0 Å². The Labute approximate surface area is 132 Å². The number of carboxylic acids is 1. The standard InChI is InChI=1S/C13H17N3O6S/c1-22-11-3-2-8(23(15,20)21)5-9(11)12(17)16-6-7(14)4-10(16)13(18)19/h2-3,5,7,10H,4,6,14H2,1H3,(H,18,19)(H2,15,20,21)/t7-,10-/m0/s1. The van der Waals surface area contributed by atoms with Gasteiger partial charge in [0.15, 0.2) is 0 Å². The lowest BCUT2D eigenvalue weighted by molar-refractivity contribution is -0.141. The smallest absolute Gasteiger partial charge is 0.326 e. The highest BCUT2D eigenvalue weighted by atomic mass is 32.2. The number of primary sulfonamides is 1. The van der Waals surface area contributed by atoms with E-state index in [9.17, 15) is 23.1 Å². The van der Waals surface area contributed by atoms with Gasteiger partial charge < -0.3 is 20.5 Å². The van der Waals surface area contributed by atoms with E-state index < -0.39 is 34.0 Å². The van der Waals surface area contributed by atoms with E-state index in [2.05, 4.69) is 0 Å². The summed E-state index contributed by atoms with van der Waals surface area (Å²) in [5.74, 6) is -1.73. The van der Waals surface area contributed by atoms with Crippen molar-refractivity contribution in [3.8, 4) is 5.75 Å². The number of amides is 1. The minimum Gasteiger partial charge on any atom is -0.496 e. The number of sulfonamides is 1. The van der Waals surface area contributed by atoms with Crippen molar-refractivity contribution in [1.29, 1.82) is 0 Å². The van der Waals surface area contributed by atoms with Gasteiger partial charge in [-0.2, -0.15) is 0 Å². The number of likely N-dealkylation sites (tertiary alicyclic amines) is 1. The fourth-order valence-corrected chi connectivity index (χ4v) is 3.05. The van der Waals surface area contributed by atoms with E-state index in [1.54, 1.807) is 0 Å². The molecule has 10 heteroatoms. The highest BCUT2D eigenvalue weighted by Crippen LogP contribution is 2.27. The predicted octanol–water partition coefficient (Wildman–Crippen LogP) is -1.03. The molecule has 0 bridgehead atoms. The summed E-state index contributed by atoms with van der Waals surface area (Å²) < 4.78 is 28.0. The third kappa shape index (κ3) is 3.44. The predicted molar refractivity (Wildman–Crippen MR) is 79.4 cm³/mol. The van der Waals surface area contributed by atoms with Crippen LogP contribution >= 0.6 is 0 Å². The van der Waals surface area contributed by atoms with Gasteiger partial charge in [0.2, 0.25) is 10.0 Å². The molecule has 5 N–H and O–H groups in total. The van der Waals surface area contributed by atoms with E-state index in [0.29, 0.717) is 0 Å². The van der Waals surface area contributed by atoms with Gasteiger partial charge in [0, 0.05) is 12.6 Å². The molecular formula is C13H17N3O6S. The van der Waals surface area contributed by atoms with Gasteiger partial charge in [-0.25, -0.2) is 18.4 Å². The number of hydrogen-bond donors (Lipinski definition) is 3. The van der Waals surface area contributed by atoms with Crippen LogP contribution in [0.5, 0.6) is 5.75 Å². The van der Waals surface area contributed by atoms with Crippen LogP contribution in [-0.2, 0) is 14.8 Å². The summed E-state index contributed by atoms with van der Waals surface area (Å²) in [5, 5.41) is 14.3. The molecule has 1 fully saturated rings. The highest BCUT2D eigenvalue weighted by Gasteiger charge is 2.39. The third-order valence-electron chi connectivity index (χ3n) is 3.61. The van der Waals surface area contributed by atoms with Crippen molar-refractivity contribution in [2.45, 2.75) is 23.4 Å². The molecular weight excluding hydrogens is 326 g/mol. The van der Waals surface area contributed by atoms with E-state index in [1.165, 1.54) is 19.2 Å². The van der Waals surface area contributed by atoms with Gasteiger partial charge in [-0.15, -0.1) is 0 Å². The molecule has 0 unspecified atom stereocenters. The molecule has 2 rings (SSSR count). The number of aliphatic carboxylic acids is 1. The van der Waals surface area contributed by atoms with Gasteiger partial charge in [-0.1, -0.05) is 0 Å². The van der Waals surface area contributed by atoms with E-state index >= 15 is 0 Å². The van der Waals surface area contributed by atoms with E-state index in [0.717, 1.165) is 11.0 Å². The number of carbonyl (C=O) groups excluding carboxylic acids is 1. The first kappa shape index (κ1) is 17.2. The van der Waals surface area contributed by atoms with E-state index in [-0.39, 0.29) is 29.2 Å². The summed E-state index contributed by atoms with van der Waals surface area (Å²) in [4.78, 5) is 24.8. The Morgan fingerprint density at radius 1 is 1.39 bits per heavy atom. The molecule has 0 saturated carbocycles. The summed E-state index contributed by atoms with van der Waals surface area (Å²) in [5.41, 5.74) is 5.65. The molecule has 126 valence electrons. The molecule has 1 aliphatic heterocycles. The van der Waals surface area contributed by atoms with Crippen molar-refractivity contribution in [3.63, 3.8) is 0 Å². The van der Waals surface area contributed by atoms with Gasteiger partial charge in [-0.05, 0) is 24.6 Å². The van der Waals surface area contributed by atoms with Crippen molar-refractivity contribution in [3.05, 3.63) is 23.8 Å². The summed E-state index contributed by atoms with van der Waals surface area (Å²) in [7, 11) is -2.70. The topological polar surface area (TPSA) is 153 Å². The summed E-state index contributed by atoms with van der Waals surface area (Å²) >= 11 is 0. The average Bonchev–Trinajstić information content (AvgIpc) is 2.87. The Hall–Kier alpha value is -2.17. The Morgan fingerprint density at radius 3 is 2.57 bits per heavy atom. The molecule has 0 spiro atoms. The fraction of sp³-hybridized carbons (Fsp3) is 0.385. The highest BCUT2D eigenvalue weighted by molar-refractivity contribution is 7.89. The number of ether oxygens (including phenoxy) is 1. The molecule has 1 amide bonds. The molecule has 1 aromatic rings. The molecule has 1 aliphatic rings. The largest absolute Gasteiger partial charge is 0.496 e. The SMILES string of the molecule is COc1ccc(S(N)(=O)=O)cc1C(=O)N1C[C@@H](N)C[C@H]1C(=O)O. The summed E-state index contributed by atoms with van der Waals surface area (Å²) in [6.07, 6.45) is 0.123. The second-order valence-electron chi connectivity index (χ2n) is 5.21. The van der Waals surface area contributed by atoms with Crippen LogP contribution in [0.3, 0.4) is 0 Å². The molecule has 2 atom stereocenters. The van der Waals surface area contributed by atoms with E-state index in [4.69, 9.17) is 15.6 Å². The molecule has 1 aromatic carbocycles. The zero-order chi connectivity index (χ0) is 17.4. The number of carbonyl (C=O) groups is 2.